The van der Waals surface area contributed by atoms with Gasteiger partial charge in [0.05, 0.1) is 22.9 Å². The maximum atomic E-state index is 5.50. The average molecular weight is 746 g/mol. The first-order valence-electron chi connectivity index (χ1n) is 18.0. The molecule has 6 aromatic rings. The molecule has 49 heavy (non-hydrogen) atoms. The molecule has 0 amide bonds. The summed E-state index contributed by atoms with van der Waals surface area (Å²) in [5.74, 6) is 0.949. The van der Waals surface area contributed by atoms with E-state index >= 15 is 0 Å². The molecule has 1 aliphatic heterocycles. The van der Waals surface area contributed by atoms with Crippen molar-refractivity contribution in [2.24, 2.45) is 0 Å². The van der Waals surface area contributed by atoms with Gasteiger partial charge in [0.1, 0.15) is 5.65 Å². The number of halogens is 1. The van der Waals surface area contributed by atoms with Crippen LogP contribution in [0.25, 0.3) is 44.0 Å². The Bertz CT molecular complexity index is 2490. The monoisotopic (exact) mass is 745 g/mol. The minimum absolute atomic E-state index is 0.325. The van der Waals surface area contributed by atoms with Crippen LogP contribution >= 0.6 is 22.6 Å². The lowest BCUT2D eigenvalue weighted by atomic mass is 9.74. The van der Waals surface area contributed by atoms with E-state index in [9.17, 15) is 0 Å². The van der Waals surface area contributed by atoms with Gasteiger partial charge < -0.3 is 4.90 Å². The summed E-state index contributed by atoms with van der Waals surface area (Å²) >= 11 is 2.72. The molecule has 2 aromatic heterocycles. The fraction of sp³-hybridized carbons (Fsp3) is 0.222. The standard InChI is InChI=1S/C45H36IN3/c46-39-18-9-17-36-33-13-7-8-19-40(33)48(43(36)39)29-23-20-27(21-24-29)28-22-25-41-38(26-28)32-12-3-6-16-37(32)45-47-42-34-14-4-1-10-30(34)31-11-2-5-15-35(31)44(42)49(41)45/h1,3-8,10,12-13,15-16,19-26,34,36,39,43H,2,9,11,14,17-18H2. The number of imidazole rings is 1. The third-order valence-corrected chi connectivity index (χ3v) is 13.4. The number of hydrogen-bond donors (Lipinski definition) is 0. The molecule has 11 rings (SSSR count). The van der Waals surface area contributed by atoms with E-state index in [1.54, 1.807) is 0 Å². The van der Waals surface area contributed by atoms with Gasteiger partial charge in [0.25, 0.3) is 0 Å². The van der Waals surface area contributed by atoms with Gasteiger partial charge in [-0.2, -0.15) is 0 Å². The second-order valence-corrected chi connectivity index (χ2v) is 16.1. The largest absolute Gasteiger partial charge is 0.336 e. The van der Waals surface area contributed by atoms with Crippen molar-refractivity contribution in [3.63, 3.8) is 0 Å². The van der Waals surface area contributed by atoms with Crippen LogP contribution in [0.15, 0.2) is 133 Å². The molecule has 3 nitrogen and oxygen atoms in total. The van der Waals surface area contributed by atoms with E-state index in [0.29, 0.717) is 21.8 Å². The van der Waals surface area contributed by atoms with Gasteiger partial charge in [-0.05, 0) is 95.7 Å². The fourth-order valence-electron chi connectivity index (χ4n) is 9.89. The minimum Gasteiger partial charge on any atom is -0.336 e. The van der Waals surface area contributed by atoms with E-state index in [-0.39, 0.29) is 0 Å². The molecular formula is C45H36IN3. The summed E-state index contributed by atoms with van der Waals surface area (Å²) < 4.78 is 3.14. The SMILES string of the molecule is IC1CCCC2c3ccccc3N(c3ccc(-c4ccc5c(c4)c4ccccc4c4nc6c(n54)C4=C(CCC=C4)C4=CC=CCC46)cc3)C12. The second kappa shape index (κ2) is 10.8. The Balaban J connectivity index is 1.07. The lowest BCUT2D eigenvalue weighted by Crippen LogP contribution is -2.40. The number of nitrogens with zero attached hydrogens (tertiary/aromatic N) is 3. The van der Waals surface area contributed by atoms with Gasteiger partial charge in [-0.3, -0.25) is 4.40 Å². The van der Waals surface area contributed by atoms with Crippen molar-refractivity contribution in [1.29, 1.82) is 0 Å². The van der Waals surface area contributed by atoms with Crippen LogP contribution < -0.4 is 4.90 Å². The predicted molar refractivity (Wildman–Crippen MR) is 212 cm³/mol. The first kappa shape index (κ1) is 28.4. The van der Waals surface area contributed by atoms with Gasteiger partial charge in [0, 0.05) is 43.5 Å². The van der Waals surface area contributed by atoms with Crippen LogP contribution in [0, 0.1) is 0 Å². The zero-order chi connectivity index (χ0) is 32.2. The molecule has 0 N–H and O–H groups in total. The average Bonchev–Trinajstić information content (AvgIpc) is 3.74. The van der Waals surface area contributed by atoms with Crippen LogP contribution in [-0.2, 0) is 0 Å². The van der Waals surface area contributed by atoms with Gasteiger partial charge in [-0.1, -0.05) is 120 Å². The lowest BCUT2D eigenvalue weighted by Gasteiger charge is -2.37. The number of para-hydroxylation sites is 1. The smallest absolute Gasteiger partial charge is 0.146 e. The summed E-state index contributed by atoms with van der Waals surface area (Å²) in [6.45, 7) is 0. The summed E-state index contributed by atoms with van der Waals surface area (Å²) in [5, 5.41) is 3.77. The minimum atomic E-state index is 0.325. The first-order valence-corrected chi connectivity index (χ1v) is 19.3. The van der Waals surface area contributed by atoms with Crippen LogP contribution in [0.1, 0.15) is 67.3 Å². The van der Waals surface area contributed by atoms with Crippen LogP contribution in [0.4, 0.5) is 11.4 Å². The number of alkyl halides is 1. The van der Waals surface area contributed by atoms with E-state index in [0.717, 1.165) is 24.9 Å². The van der Waals surface area contributed by atoms with E-state index in [1.807, 2.05) is 0 Å². The number of rotatable bonds is 2. The second-order valence-electron chi connectivity index (χ2n) is 14.5. The zero-order valence-corrected chi connectivity index (χ0v) is 29.5. The Kier molecular flexibility index (Phi) is 6.26. The molecule has 4 unspecified atom stereocenters. The number of aromatic nitrogens is 2. The number of fused-ring (bicyclic) bond motifs is 15. The fourth-order valence-corrected chi connectivity index (χ4v) is 11.2. The number of hydrogen-bond acceptors (Lipinski definition) is 2. The van der Waals surface area contributed by atoms with Gasteiger partial charge >= 0.3 is 0 Å². The van der Waals surface area contributed by atoms with E-state index in [1.165, 1.54) is 97.1 Å². The highest BCUT2D eigenvalue weighted by Crippen LogP contribution is 2.53. The topological polar surface area (TPSA) is 20.5 Å². The molecule has 238 valence electrons. The van der Waals surface area contributed by atoms with Crippen molar-refractivity contribution in [3.05, 3.63) is 149 Å². The molecule has 1 fully saturated rings. The highest BCUT2D eigenvalue weighted by Gasteiger charge is 2.44. The molecule has 0 bridgehead atoms. The van der Waals surface area contributed by atoms with Crippen molar-refractivity contribution < 1.29 is 0 Å². The van der Waals surface area contributed by atoms with E-state index in [2.05, 4.69) is 153 Å². The zero-order valence-electron chi connectivity index (χ0n) is 27.3. The summed E-state index contributed by atoms with van der Waals surface area (Å²) in [5.41, 5.74) is 15.9. The number of allylic oxidation sites excluding steroid dienone is 8. The predicted octanol–water partition coefficient (Wildman–Crippen LogP) is 12.0. The molecule has 4 atom stereocenters. The Morgan fingerprint density at radius 3 is 2.55 bits per heavy atom. The molecule has 4 aromatic carbocycles. The van der Waals surface area contributed by atoms with Gasteiger partial charge in [-0.25, -0.2) is 4.98 Å². The van der Waals surface area contributed by atoms with Crippen molar-refractivity contribution in [3.8, 4) is 11.1 Å². The summed E-state index contributed by atoms with van der Waals surface area (Å²) in [6, 6.07) is 35.0. The van der Waals surface area contributed by atoms with Gasteiger partial charge in [0.2, 0.25) is 0 Å². The Hall–Kier alpha value is -4.42. The maximum Gasteiger partial charge on any atom is 0.146 e. The normalized spacial score (nSPS) is 23.8. The third kappa shape index (κ3) is 4.04. The molecule has 3 heterocycles. The number of pyridine rings is 1. The Morgan fingerprint density at radius 1 is 0.796 bits per heavy atom. The molecule has 0 saturated heterocycles. The Labute approximate surface area is 300 Å². The summed E-state index contributed by atoms with van der Waals surface area (Å²) in [4.78, 5) is 8.15. The highest BCUT2D eigenvalue weighted by molar-refractivity contribution is 14.1. The molecular weight excluding hydrogens is 709 g/mol. The van der Waals surface area contributed by atoms with E-state index < -0.39 is 0 Å². The van der Waals surface area contributed by atoms with Crippen molar-refractivity contribution >= 4 is 66.9 Å². The summed E-state index contributed by atoms with van der Waals surface area (Å²) in [7, 11) is 0. The molecule has 0 radical (unpaired) electrons. The van der Waals surface area contributed by atoms with Crippen molar-refractivity contribution in [2.75, 3.05) is 4.90 Å². The molecule has 1 saturated carbocycles. The van der Waals surface area contributed by atoms with Crippen LogP contribution in [0.5, 0.6) is 0 Å². The molecule has 5 aliphatic rings. The lowest BCUT2D eigenvalue weighted by molar-refractivity contribution is 0.422. The quantitative estimate of drug-likeness (QED) is 0.0999. The van der Waals surface area contributed by atoms with Gasteiger partial charge in [-0.15, -0.1) is 0 Å². The van der Waals surface area contributed by atoms with E-state index in [4.69, 9.17) is 4.98 Å². The molecule has 0 spiro atoms. The van der Waals surface area contributed by atoms with Crippen LogP contribution in [0.3, 0.4) is 0 Å². The number of anilines is 2. The first-order chi connectivity index (χ1) is 24.2. The van der Waals surface area contributed by atoms with Crippen LogP contribution in [-0.4, -0.2) is 19.4 Å². The third-order valence-electron chi connectivity index (χ3n) is 12.0. The van der Waals surface area contributed by atoms with Gasteiger partial charge in [0.15, 0.2) is 0 Å². The van der Waals surface area contributed by atoms with Crippen molar-refractivity contribution in [2.45, 2.75) is 60.3 Å². The highest BCUT2D eigenvalue weighted by atomic mass is 127. The maximum absolute atomic E-state index is 5.50. The number of benzene rings is 4. The van der Waals surface area contributed by atoms with Crippen LogP contribution in [0.2, 0.25) is 0 Å². The Morgan fingerprint density at radius 2 is 1.63 bits per heavy atom. The molecule has 4 aliphatic carbocycles. The molecule has 4 heteroatoms. The summed E-state index contributed by atoms with van der Waals surface area (Å²) in [6.07, 6.45) is 18.8. The van der Waals surface area contributed by atoms with Crippen molar-refractivity contribution in [1.82, 2.24) is 9.38 Å².